The van der Waals surface area contributed by atoms with Crippen molar-refractivity contribution in [1.82, 2.24) is 14.9 Å². The van der Waals surface area contributed by atoms with Crippen LogP contribution in [0, 0.1) is 0 Å². The van der Waals surface area contributed by atoms with Crippen molar-refractivity contribution >= 4 is 5.91 Å². The zero-order chi connectivity index (χ0) is 13.7. The standard InChI is InChI=1S/C14H17N3O2/c1-17(10-12-15-8-9-16-12)14(18)13(19-2)11-6-4-3-5-7-11/h3-9,13H,10H2,1-2H3,(H,15,16). The first-order valence-electron chi connectivity index (χ1n) is 6.03. The molecule has 1 unspecified atom stereocenters. The fraction of sp³-hybridized carbons (Fsp3) is 0.286. The molecule has 5 heteroatoms. The average Bonchev–Trinajstić information content (AvgIpc) is 2.93. The molecule has 2 aromatic rings. The minimum absolute atomic E-state index is 0.0925. The van der Waals surface area contributed by atoms with Crippen LogP contribution in [0.25, 0.3) is 0 Å². The van der Waals surface area contributed by atoms with Crippen molar-refractivity contribution < 1.29 is 9.53 Å². The molecule has 0 radical (unpaired) electrons. The Balaban J connectivity index is 2.08. The van der Waals surface area contributed by atoms with Gasteiger partial charge in [0.2, 0.25) is 0 Å². The van der Waals surface area contributed by atoms with Crippen LogP contribution >= 0.6 is 0 Å². The summed E-state index contributed by atoms with van der Waals surface area (Å²) in [7, 11) is 3.27. The van der Waals surface area contributed by atoms with Gasteiger partial charge in [0.25, 0.3) is 5.91 Å². The lowest BCUT2D eigenvalue weighted by Crippen LogP contribution is -2.32. The van der Waals surface area contributed by atoms with Gasteiger partial charge in [0, 0.05) is 26.6 Å². The van der Waals surface area contributed by atoms with Crippen molar-refractivity contribution in [3.05, 3.63) is 54.1 Å². The van der Waals surface area contributed by atoms with Crippen LogP contribution < -0.4 is 0 Å². The number of rotatable bonds is 5. The van der Waals surface area contributed by atoms with Crippen molar-refractivity contribution in [1.29, 1.82) is 0 Å². The lowest BCUT2D eigenvalue weighted by atomic mass is 10.1. The van der Waals surface area contributed by atoms with Crippen LogP contribution in [0.15, 0.2) is 42.7 Å². The Labute approximate surface area is 112 Å². The highest BCUT2D eigenvalue weighted by molar-refractivity contribution is 5.82. The number of carbonyl (C=O) groups excluding carboxylic acids is 1. The number of H-pyrrole nitrogens is 1. The molecule has 1 amide bonds. The predicted octanol–water partition coefficient (Wildman–Crippen LogP) is 1.76. The molecule has 1 aromatic carbocycles. The molecule has 0 aliphatic rings. The Hall–Kier alpha value is -2.14. The van der Waals surface area contributed by atoms with Crippen LogP contribution in [0.1, 0.15) is 17.5 Å². The molecule has 1 atom stereocenters. The number of hydrogen-bond acceptors (Lipinski definition) is 3. The summed E-state index contributed by atoms with van der Waals surface area (Å²) >= 11 is 0. The molecule has 0 bridgehead atoms. The molecule has 100 valence electrons. The molecular weight excluding hydrogens is 242 g/mol. The van der Waals surface area contributed by atoms with E-state index in [1.165, 1.54) is 7.11 Å². The van der Waals surface area contributed by atoms with Crippen LogP contribution in [0.5, 0.6) is 0 Å². The van der Waals surface area contributed by atoms with Crippen LogP contribution in [0.4, 0.5) is 0 Å². The number of nitrogens with zero attached hydrogens (tertiary/aromatic N) is 2. The lowest BCUT2D eigenvalue weighted by Gasteiger charge is -2.22. The number of methoxy groups -OCH3 is 1. The number of carbonyl (C=O) groups is 1. The number of benzene rings is 1. The van der Waals surface area contributed by atoms with Crippen molar-refractivity contribution in [2.75, 3.05) is 14.2 Å². The number of aromatic nitrogens is 2. The summed E-state index contributed by atoms with van der Waals surface area (Å²) in [5.74, 6) is 0.656. The molecule has 0 saturated carbocycles. The van der Waals surface area contributed by atoms with Gasteiger partial charge in [-0.1, -0.05) is 30.3 Å². The van der Waals surface area contributed by atoms with E-state index in [9.17, 15) is 4.79 Å². The average molecular weight is 259 g/mol. The Morgan fingerprint density at radius 1 is 1.42 bits per heavy atom. The third kappa shape index (κ3) is 3.20. The Kier molecular flexibility index (Phi) is 4.30. The third-order valence-electron chi connectivity index (χ3n) is 2.88. The highest BCUT2D eigenvalue weighted by Gasteiger charge is 2.23. The van der Waals surface area contributed by atoms with Gasteiger partial charge in [-0.05, 0) is 5.56 Å². The van der Waals surface area contributed by atoms with Crippen molar-refractivity contribution in [2.45, 2.75) is 12.6 Å². The quantitative estimate of drug-likeness (QED) is 0.890. The number of hydrogen-bond donors (Lipinski definition) is 1. The van der Waals surface area contributed by atoms with E-state index in [-0.39, 0.29) is 5.91 Å². The van der Waals surface area contributed by atoms with Crippen LogP contribution in [-0.4, -0.2) is 34.9 Å². The van der Waals surface area contributed by atoms with Gasteiger partial charge < -0.3 is 14.6 Å². The summed E-state index contributed by atoms with van der Waals surface area (Å²) in [6.07, 6.45) is 2.82. The normalized spacial score (nSPS) is 12.1. The second kappa shape index (κ2) is 6.15. The molecule has 0 saturated heterocycles. The van der Waals surface area contributed by atoms with Gasteiger partial charge in [-0.15, -0.1) is 0 Å². The molecule has 1 aromatic heterocycles. The van der Waals surface area contributed by atoms with E-state index in [0.29, 0.717) is 6.54 Å². The lowest BCUT2D eigenvalue weighted by molar-refractivity contribution is -0.141. The predicted molar refractivity (Wildman–Crippen MR) is 71.3 cm³/mol. The monoisotopic (exact) mass is 259 g/mol. The van der Waals surface area contributed by atoms with E-state index in [2.05, 4.69) is 9.97 Å². The zero-order valence-corrected chi connectivity index (χ0v) is 11.0. The van der Waals surface area contributed by atoms with Gasteiger partial charge in [0.05, 0.1) is 6.54 Å². The number of amides is 1. The fourth-order valence-electron chi connectivity index (χ4n) is 1.89. The van der Waals surface area contributed by atoms with Crippen LogP contribution in [-0.2, 0) is 16.1 Å². The van der Waals surface area contributed by atoms with Gasteiger partial charge in [-0.3, -0.25) is 4.79 Å². The Morgan fingerprint density at radius 3 is 2.74 bits per heavy atom. The molecule has 0 fully saturated rings. The van der Waals surface area contributed by atoms with Gasteiger partial charge in [0.15, 0.2) is 6.10 Å². The maximum atomic E-state index is 12.4. The smallest absolute Gasteiger partial charge is 0.256 e. The molecule has 0 aliphatic carbocycles. The summed E-state index contributed by atoms with van der Waals surface area (Å²) < 4.78 is 5.32. The molecule has 1 N–H and O–H groups in total. The van der Waals surface area contributed by atoms with Gasteiger partial charge in [-0.25, -0.2) is 4.98 Å². The first kappa shape index (κ1) is 13.3. The molecular formula is C14H17N3O2. The van der Waals surface area contributed by atoms with Gasteiger partial charge >= 0.3 is 0 Å². The number of nitrogens with one attached hydrogen (secondary N) is 1. The van der Waals surface area contributed by atoms with E-state index in [0.717, 1.165) is 11.4 Å². The topological polar surface area (TPSA) is 58.2 Å². The van der Waals surface area contributed by atoms with Gasteiger partial charge in [0.1, 0.15) is 5.82 Å². The third-order valence-corrected chi connectivity index (χ3v) is 2.88. The minimum Gasteiger partial charge on any atom is -0.367 e. The van der Waals surface area contributed by atoms with E-state index >= 15 is 0 Å². The number of ether oxygens (including phenoxy) is 1. The molecule has 5 nitrogen and oxygen atoms in total. The summed E-state index contributed by atoms with van der Waals surface area (Å²) in [6, 6.07) is 9.45. The summed E-state index contributed by atoms with van der Waals surface area (Å²) in [5.41, 5.74) is 0.848. The second-order valence-electron chi connectivity index (χ2n) is 4.26. The van der Waals surface area contributed by atoms with E-state index in [1.54, 1.807) is 24.3 Å². The largest absolute Gasteiger partial charge is 0.367 e. The highest BCUT2D eigenvalue weighted by Crippen LogP contribution is 2.19. The molecule has 0 aliphatic heterocycles. The van der Waals surface area contributed by atoms with E-state index in [4.69, 9.17) is 4.74 Å². The first-order valence-corrected chi connectivity index (χ1v) is 6.03. The maximum Gasteiger partial charge on any atom is 0.256 e. The SMILES string of the molecule is COC(C(=O)N(C)Cc1ncc[nH]1)c1ccccc1. The maximum absolute atomic E-state index is 12.4. The van der Waals surface area contributed by atoms with E-state index in [1.807, 2.05) is 30.3 Å². The van der Waals surface area contributed by atoms with Crippen molar-refractivity contribution in [2.24, 2.45) is 0 Å². The number of aromatic amines is 1. The van der Waals surface area contributed by atoms with Crippen molar-refractivity contribution in [3.8, 4) is 0 Å². The zero-order valence-electron chi connectivity index (χ0n) is 11.0. The number of likely N-dealkylation sites (N-methyl/N-ethyl adjacent to an activating group) is 1. The molecule has 2 rings (SSSR count). The highest BCUT2D eigenvalue weighted by atomic mass is 16.5. The summed E-state index contributed by atoms with van der Waals surface area (Å²) in [6.45, 7) is 0.429. The fourth-order valence-corrected chi connectivity index (χ4v) is 1.89. The first-order chi connectivity index (χ1) is 9.22. The minimum atomic E-state index is -0.582. The Morgan fingerprint density at radius 2 is 2.16 bits per heavy atom. The molecule has 0 spiro atoms. The van der Waals surface area contributed by atoms with Crippen molar-refractivity contribution in [3.63, 3.8) is 0 Å². The Bertz CT molecular complexity index is 511. The molecule has 19 heavy (non-hydrogen) atoms. The summed E-state index contributed by atoms with van der Waals surface area (Å²) in [5, 5.41) is 0. The summed E-state index contributed by atoms with van der Waals surface area (Å²) in [4.78, 5) is 21.0. The van der Waals surface area contributed by atoms with E-state index < -0.39 is 6.10 Å². The molecule has 1 heterocycles. The second-order valence-corrected chi connectivity index (χ2v) is 4.26. The number of imidazole rings is 1. The van der Waals surface area contributed by atoms with Gasteiger partial charge in [-0.2, -0.15) is 0 Å². The van der Waals surface area contributed by atoms with Crippen LogP contribution in [0.3, 0.4) is 0 Å². The van der Waals surface area contributed by atoms with Crippen LogP contribution in [0.2, 0.25) is 0 Å².